The normalized spacial score (nSPS) is 18.0. The van der Waals surface area contributed by atoms with Gasteiger partial charge in [-0.2, -0.15) is 0 Å². The summed E-state index contributed by atoms with van der Waals surface area (Å²) in [4.78, 5) is 35.2. The van der Waals surface area contributed by atoms with Gasteiger partial charge in [0.2, 0.25) is 0 Å². The monoisotopic (exact) mass is 291 g/mol. The van der Waals surface area contributed by atoms with Gasteiger partial charge >= 0.3 is 6.03 Å². The number of benzene rings is 1. The number of nitro benzene ring substituents is 1. The molecule has 1 aliphatic heterocycles. The van der Waals surface area contributed by atoms with Crippen molar-refractivity contribution in [1.82, 2.24) is 10.2 Å². The molecule has 1 fully saturated rings. The van der Waals surface area contributed by atoms with Crippen LogP contribution in [0.3, 0.4) is 0 Å². The van der Waals surface area contributed by atoms with Crippen LogP contribution in [-0.2, 0) is 11.3 Å². The molecule has 7 heteroatoms. The summed E-state index contributed by atoms with van der Waals surface area (Å²) >= 11 is 0. The maximum atomic E-state index is 12.1. The first kappa shape index (κ1) is 15.0. The highest BCUT2D eigenvalue weighted by Gasteiger charge is 2.37. The second-order valence-electron chi connectivity index (χ2n) is 4.99. The van der Waals surface area contributed by atoms with Gasteiger partial charge in [-0.05, 0) is 12.0 Å². The van der Waals surface area contributed by atoms with Crippen LogP contribution in [0.2, 0.25) is 0 Å². The number of carbonyl (C=O) groups is 2. The number of unbranched alkanes of at least 4 members (excludes halogenated alkanes) is 1. The van der Waals surface area contributed by atoms with E-state index in [0.717, 1.165) is 17.7 Å². The van der Waals surface area contributed by atoms with Crippen LogP contribution in [0.4, 0.5) is 10.5 Å². The van der Waals surface area contributed by atoms with Crippen molar-refractivity contribution in [3.8, 4) is 0 Å². The number of urea groups is 1. The van der Waals surface area contributed by atoms with Crippen molar-refractivity contribution in [3.05, 3.63) is 39.9 Å². The van der Waals surface area contributed by atoms with Crippen LogP contribution in [0.1, 0.15) is 31.7 Å². The predicted octanol–water partition coefficient (Wildman–Crippen LogP) is 2.21. The van der Waals surface area contributed by atoms with Crippen LogP contribution in [0.15, 0.2) is 24.3 Å². The molecule has 0 saturated carbocycles. The Kier molecular flexibility index (Phi) is 4.52. The number of imide groups is 1. The van der Waals surface area contributed by atoms with Crippen LogP contribution in [0.5, 0.6) is 0 Å². The van der Waals surface area contributed by atoms with Gasteiger partial charge in [-0.1, -0.05) is 31.9 Å². The lowest BCUT2D eigenvalue weighted by atomic mass is 10.1. The lowest BCUT2D eigenvalue weighted by Gasteiger charge is -2.12. The number of amides is 3. The number of nitrogens with one attached hydrogen (secondary N) is 1. The van der Waals surface area contributed by atoms with Crippen LogP contribution >= 0.6 is 0 Å². The average Bonchev–Trinajstić information content (AvgIpc) is 2.73. The molecule has 0 bridgehead atoms. The van der Waals surface area contributed by atoms with E-state index < -0.39 is 17.0 Å². The summed E-state index contributed by atoms with van der Waals surface area (Å²) in [5, 5.41) is 13.2. The maximum Gasteiger partial charge on any atom is 0.325 e. The van der Waals surface area contributed by atoms with Gasteiger partial charge in [0.15, 0.2) is 0 Å². The molecule has 0 radical (unpaired) electrons. The first-order valence-corrected chi connectivity index (χ1v) is 6.88. The Hall–Kier alpha value is -2.44. The van der Waals surface area contributed by atoms with Crippen molar-refractivity contribution >= 4 is 17.6 Å². The van der Waals surface area contributed by atoms with Crippen LogP contribution in [0, 0.1) is 10.1 Å². The minimum absolute atomic E-state index is 0.0169. The van der Waals surface area contributed by atoms with E-state index in [9.17, 15) is 19.7 Å². The Morgan fingerprint density at radius 3 is 2.52 bits per heavy atom. The Balaban J connectivity index is 2.03. The van der Waals surface area contributed by atoms with Gasteiger partial charge in [-0.25, -0.2) is 4.79 Å². The largest absolute Gasteiger partial charge is 0.326 e. The summed E-state index contributed by atoms with van der Waals surface area (Å²) in [6.07, 6.45) is 2.47. The van der Waals surface area contributed by atoms with Gasteiger partial charge in [0.25, 0.3) is 11.6 Å². The van der Waals surface area contributed by atoms with Gasteiger partial charge in [0, 0.05) is 12.1 Å². The van der Waals surface area contributed by atoms with Crippen LogP contribution in [0.25, 0.3) is 0 Å². The first-order valence-electron chi connectivity index (χ1n) is 6.88. The molecule has 1 heterocycles. The molecule has 1 saturated heterocycles. The quantitative estimate of drug-likeness (QED) is 0.494. The van der Waals surface area contributed by atoms with Crippen molar-refractivity contribution in [2.24, 2.45) is 0 Å². The molecule has 0 aromatic heterocycles. The molecule has 0 spiro atoms. The van der Waals surface area contributed by atoms with E-state index in [1.54, 1.807) is 12.1 Å². The zero-order valence-electron chi connectivity index (χ0n) is 11.7. The van der Waals surface area contributed by atoms with E-state index in [2.05, 4.69) is 5.32 Å². The highest BCUT2D eigenvalue weighted by molar-refractivity contribution is 6.04. The average molecular weight is 291 g/mol. The zero-order valence-corrected chi connectivity index (χ0v) is 11.7. The molecule has 1 aromatic rings. The molecule has 3 amide bonds. The minimum Gasteiger partial charge on any atom is -0.326 e. The van der Waals surface area contributed by atoms with Gasteiger partial charge in [-0.3, -0.25) is 19.8 Å². The van der Waals surface area contributed by atoms with Gasteiger partial charge in [-0.15, -0.1) is 0 Å². The lowest BCUT2D eigenvalue weighted by molar-refractivity contribution is -0.384. The number of carbonyl (C=O) groups excluding carboxylic acids is 2. The van der Waals surface area contributed by atoms with E-state index in [-0.39, 0.29) is 18.1 Å². The molecular formula is C14H17N3O4. The zero-order chi connectivity index (χ0) is 15.4. The van der Waals surface area contributed by atoms with Crippen LogP contribution < -0.4 is 5.32 Å². The molecule has 7 nitrogen and oxygen atoms in total. The topological polar surface area (TPSA) is 92.6 Å². The van der Waals surface area contributed by atoms with Gasteiger partial charge in [0.1, 0.15) is 6.04 Å². The summed E-state index contributed by atoms with van der Waals surface area (Å²) in [6, 6.07) is 4.98. The Bertz CT molecular complexity index is 556. The molecule has 1 aliphatic rings. The number of rotatable bonds is 6. The Morgan fingerprint density at radius 1 is 1.29 bits per heavy atom. The molecule has 2 rings (SSSR count). The summed E-state index contributed by atoms with van der Waals surface area (Å²) in [7, 11) is 0. The molecule has 1 N–H and O–H groups in total. The van der Waals surface area contributed by atoms with E-state index in [4.69, 9.17) is 0 Å². The molecule has 0 unspecified atom stereocenters. The summed E-state index contributed by atoms with van der Waals surface area (Å²) in [5.41, 5.74) is 0.664. The summed E-state index contributed by atoms with van der Waals surface area (Å²) < 4.78 is 0. The van der Waals surface area contributed by atoms with Crippen LogP contribution in [-0.4, -0.2) is 27.8 Å². The molecule has 1 aromatic carbocycles. The van der Waals surface area contributed by atoms with Crippen molar-refractivity contribution in [2.75, 3.05) is 0 Å². The van der Waals surface area contributed by atoms with Crippen molar-refractivity contribution < 1.29 is 14.5 Å². The highest BCUT2D eigenvalue weighted by atomic mass is 16.6. The molecule has 0 aliphatic carbocycles. The molecule has 112 valence electrons. The fourth-order valence-electron chi connectivity index (χ4n) is 2.24. The second-order valence-corrected chi connectivity index (χ2v) is 4.99. The second kappa shape index (κ2) is 6.34. The fourth-order valence-corrected chi connectivity index (χ4v) is 2.24. The van der Waals surface area contributed by atoms with Crippen molar-refractivity contribution in [3.63, 3.8) is 0 Å². The maximum absolute atomic E-state index is 12.1. The SMILES string of the molecule is CCCC[C@H]1NC(=O)N(Cc2ccc([N+](=O)[O-])cc2)C1=O. The summed E-state index contributed by atoms with van der Waals surface area (Å²) in [6.45, 7) is 2.15. The smallest absolute Gasteiger partial charge is 0.325 e. The predicted molar refractivity (Wildman–Crippen MR) is 75.5 cm³/mol. The molecular weight excluding hydrogens is 274 g/mol. The molecule has 21 heavy (non-hydrogen) atoms. The van der Waals surface area contributed by atoms with Crippen molar-refractivity contribution in [1.29, 1.82) is 0 Å². The van der Waals surface area contributed by atoms with E-state index in [0.29, 0.717) is 12.0 Å². The number of hydrogen-bond acceptors (Lipinski definition) is 4. The Labute approximate surface area is 122 Å². The summed E-state index contributed by atoms with van der Waals surface area (Å²) in [5.74, 6) is -0.230. The van der Waals surface area contributed by atoms with E-state index in [1.165, 1.54) is 12.1 Å². The third-order valence-electron chi connectivity index (χ3n) is 3.44. The van der Waals surface area contributed by atoms with Crippen molar-refractivity contribution in [2.45, 2.75) is 38.8 Å². The van der Waals surface area contributed by atoms with E-state index in [1.807, 2.05) is 6.92 Å². The number of nitro groups is 1. The third kappa shape index (κ3) is 3.36. The fraction of sp³-hybridized carbons (Fsp3) is 0.429. The standard InChI is InChI=1S/C14H17N3O4/c1-2-3-4-12-13(18)16(14(19)15-12)9-10-5-7-11(8-6-10)17(20)21/h5-8,12H,2-4,9H2,1H3,(H,15,19)/t12-/m1/s1. The van der Waals surface area contributed by atoms with Gasteiger partial charge < -0.3 is 5.32 Å². The number of non-ortho nitro benzene ring substituents is 1. The Morgan fingerprint density at radius 2 is 1.95 bits per heavy atom. The highest BCUT2D eigenvalue weighted by Crippen LogP contribution is 2.17. The number of hydrogen-bond donors (Lipinski definition) is 1. The van der Waals surface area contributed by atoms with E-state index >= 15 is 0 Å². The molecule has 1 atom stereocenters. The lowest BCUT2D eigenvalue weighted by Crippen LogP contribution is -2.30. The third-order valence-corrected chi connectivity index (χ3v) is 3.44. The number of nitrogens with zero attached hydrogens (tertiary/aromatic N) is 2. The van der Waals surface area contributed by atoms with Gasteiger partial charge in [0.05, 0.1) is 11.5 Å². The minimum atomic E-state index is -0.488. The first-order chi connectivity index (χ1) is 10.0.